The summed E-state index contributed by atoms with van der Waals surface area (Å²) in [5.74, 6) is -0.394. The fraction of sp³-hybridized carbons (Fsp3) is 0.875. The van der Waals surface area contributed by atoms with Crippen LogP contribution in [0.25, 0.3) is 0 Å². The molecule has 1 fully saturated rings. The van der Waals surface area contributed by atoms with Gasteiger partial charge in [-0.25, -0.2) is 4.79 Å². The molecular formula is C8H10Cl2N2O2. The van der Waals surface area contributed by atoms with E-state index in [1.165, 1.54) is 7.11 Å². The second kappa shape index (κ2) is 2.61. The van der Waals surface area contributed by atoms with Crippen molar-refractivity contribution in [3.05, 3.63) is 0 Å². The van der Waals surface area contributed by atoms with Gasteiger partial charge in [-0.15, -0.1) is 0 Å². The molecule has 1 aliphatic carbocycles. The number of methoxy groups -OCH3 is 1. The van der Waals surface area contributed by atoms with Gasteiger partial charge in [0.15, 0.2) is 5.54 Å². The highest BCUT2D eigenvalue weighted by atomic mass is 35.5. The van der Waals surface area contributed by atoms with Crippen molar-refractivity contribution in [3.8, 4) is 0 Å². The molecule has 2 aliphatic rings. The first-order chi connectivity index (χ1) is 6.35. The van der Waals surface area contributed by atoms with Gasteiger partial charge in [0.05, 0.1) is 7.11 Å². The SMILES string of the molecule is COC(=O)[C@@]1(C)C[C@]2(CC2(Cl)Cl)N=N1. The van der Waals surface area contributed by atoms with Crippen LogP contribution in [0.5, 0.6) is 0 Å². The van der Waals surface area contributed by atoms with E-state index in [4.69, 9.17) is 23.2 Å². The van der Waals surface area contributed by atoms with Gasteiger partial charge in [0, 0.05) is 12.8 Å². The lowest BCUT2D eigenvalue weighted by atomic mass is 9.95. The second-order valence-corrected chi connectivity index (χ2v) is 5.54. The van der Waals surface area contributed by atoms with Crippen molar-refractivity contribution in [2.45, 2.75) is 35.2 Å². The first-order valence-electron chi connectivity index (χ1n) is 4.26. The number of hydrogen-bond donors (Lipinski definition) is 0. The van der Waals surface area contributed by atoms with Crippen LogP contribution in [0, 0.1) is 0 Å². The Morgan fingerprint density at radius 1 is 1.36 bits per heavy atom. The average molecular weight is 237 g/mol. The van der Waals surface area contributed by atoms with Crippen molar-refractivity contribution in [2.75, 3.05) is 7.11 Å². The van der Waals surface area contributed by atoms with Gasteiger partial charge in [-0.2, -0.15) is 10.2 Å². The van der Waals surface area contributed by atoms with E-state index in [1.807, 2.05) is 0 Å². The average Bonchev–Trinajstić information content (AvgIpc) is 2.44. The lowest BCUT2D eigenvalue weighted by Gasteiger charge is -2.16. The molecule has 0 amide bonds. The Labute approximate surface area is 91.6 Å². The summed E-state index contributed by atoms with van der Waals surface area (Å²) in [6.45, 7) is 1.68. The number of ether oxygens (including phenoxy) is 1. The molecule has 78 valence electrons. The number of esters is 1. The van der Waals surface area contributed by atoms with Gasteiger partial charge in [-0.3, -0.25) is 0 Å². The minimum atomic E-state index is -0.916. The minimum absolute atomic E-state index is 0.394. The number of rotatable bonds is 1. The van der Waals surface area contributed by atoms with Gasteiger partial charge in [0.25, 0.3) is 0 Å². The maximum Gasteiger partial charge on any atom is 0.335 e. The van der Waals surface area contributed by atoms with Crippen molar-refractivity contribution in [1.29, 1.82) is 0 Å². The number of azo groups is 1. The zero-order chi connectivity index (χ0) is 10.6. The number of carbonyl (C=O) groups excluding carboxylic acids is 1. The van der Waals surface area contributed by atoms with Crippen LogP contribution in [0.2, 0.25) is 0 Å². The molecule has 0 bridgehead atoms. The summed E-state index contributed by atoms with van der Waals surface area (Å²) in [5, 5.41) is 7.95. The van der Waals surface area contributed by atoms with E-state index in [-0.39, 0.29) is 0 Å². The predicted molar refractivity (Wildman–Crippen MR) is 51.7 cm³/mol. The van der Waals surface area contributed by atoms with E-state index in [9.17, 15) is 4.79 Å². The highest BCUT2D eigenvalue weighted by molar-refractivity contribution is 6.52. The van der Waals surface area contributed by atoms with E-state index >= 15 is 0 Å². The molecule has 2 rings (SSSR count). The largest absolute Gasteiger partial charge is 0.467 e. The predicted octanol–water partition coefficient (Wildman–Crippen LogP) is 2.09. The normalized spacial score (nSPS) is 42.9. The summed E-state index contributed by atoms with van der Waals surface area (Å²) >= 11 is 11.9. The molecule has 0 aromatic rings. The molecule has 1 saturated carbocycles. The van der Waals surface area contributed by atoms with Crippen molar-refractivity contribution < 1.29 is 9.53 Å². The van der Waals surface area contributed by atoms with Crippen LogP contribution in [0.3, 0.4) is 0 Å². The summed E-state index contributed by atoms with van der Waals surface area (Å²) in [5.41, 5.74) is -1.47. The van der Waals surface area contributed by atoms with E-state index < -0.39 is 21.4 Å². The molecule has 1 heterocycles. The number of halogens is 2. The molecule has 2 atom stereocenters. The van der Waals surface area contributed by atoms with Crippen molar-refractivity contribution >= 4 is 29.2 Å². The van der Waals surface area contributed by atoms with E-state index in [1.54, 1.807) is 6.92 Å². The monoisotopic (exact) mass is 236 g/mol. The van der Waals surface area contributed by atoms with Crippen LogP contribution in [-0.4, -0.2) is 28.5 Å². The van der Waals surface area contributed by atoms with Crippen molar-refractivity contribution in [3.63, 3.8) is 0 Å². The lowest BCUT2D eigenvalue weighted by molar-refractivity contribution is -0.146. The standard InChI is InChI=1S/C8H10Cl2N2O2/c1-6(5(13)14-2)3-7(12-11-6)4-8(7,9)10/h3-4H2,1-2H3/t6-,7-/m1/s1. The van der Waals surface area contributed by atoms with Crippen LogP contribution in [-0.2, 0) is 9.53 Å². The number of alkyl halides is 2. The Hall–Kier alpha value is -0.350. The van der Waals surface area contributed by atoms with Gasteiger partial charge in [0.1, 0.15) is 9.87 Å². The fourth-order valence-corrected chi connectivity index (χ4v) is 2.45. The van der Waals surface area contributed by atoms with Gasteiger partial charge in [0.2, 0.25) is 0 Å². The molecule has 0 N–H and O–H groups in total. The maximum atomic E-state index is 11.4. The first-order valence-corrected chi connectivity index (χ1v) is 5.01. The Morgan fingerprint density at radius 3 is 2.29 bits per heavy atom. The van der Waals surface area contributed by atoms with Crippen LogP contribution >= 0.6 is 23.2 Å². The van der Waals surface area contributed by atoms with E-state index in [0.717, 1.165) is 0 Å². The number of carbonyl (C=O) groups is 1. The van der Waals surface area contributed by atoms with E-state index in [0.29, 0.717) is 12.8 Å². The summed E-state index contributed by atoms with van der Waals surface area (Å²) in [7, 11) is 1.33. The maximum absolute atomic E-state index is 11.4. The second-order valence-electron chi connectivity index (χ2n) is 4.06. The summed E-state index contributed by atoms with van der Waals surface area (Å²) in [6, 6.07) is 0. The highest BCUT2D eigenvalue weighted by Gasteiger charge is 2.72. The van der Waals surface area contributed by atoms with Crippen LogP contribution < -0.4 is 0 Å². The first kappa shape index (κ1) is 10.2. The Morgan fingerprint density at radius 2 is 1.93 bits per heavy atom. The smallest absolute Gasteiger partial charge is 0.335 e. The fourth-order valence-electron chi connectivity index (χ4n) is 1.80. The van der Waals surface area contributed by atoms with Crippen molar-refractivity contribution in [2.24, 2.45) is 10.2 Å². The van der Waals surface area contributed by atoms with Crippen molar-refractivity contribution in [1.82, 2.24) is 0 Å². The Kier molecular flexibility index (Phi) is 1.90. The molecular weight excluding hydrogens is 227 g/mol. The molecule has 0 radical (unpaired) electrons. The molecule has 0 saturated heterocycles. The topological polar surface area (TPSA) is 51.0 Å². The third-order valence-corrected chi connectivity index (χ3v) is 3.77. The van der Waals surface area contributed by atoms with Gasteiger partial charge < -0.3 is 4.74 Å². The summed E-state index contributed by atoms with van der Waals surface area (Å²) in [4.78, 5) is 11.4. The minimum Gasteiger partial charge on any atom is -0.467 e. The zero-order valence-electron chi connectivity index (χ0n) is 7.88. The number of nitrogens with zero attached hydrogens (tertiary/aromatic N) is 2. The molecule has 1 spiro atoms. The number of hydrogen-bond acceptors (Lipinski definition) is 4. The van der Waals surface area contributed by atoms with Gasteiger partial charge in [-0.05, 0) is 6.92 Å². The summed E-state index contributed by atoms with van der Waals surface area (Å²) < 4.78 is 3.79. The quantitative estimate of drug-likeness (QED) is 0.517. The molecule has 4 nitrogen and oxygen atoms in total. The van der Waals surface area contributed by atoms with Gasteiger partial charge >= 0.3 is 5.97 Å². The highest BCUT2D eigenvalue weighted by Crippen LogP contribution is 2.65. The lowest BCUT2D eigenvalue weighted by Crippen LogP contribution is -2.35. The summed E-state index contributed by atoms with van der Waals surface area (Å²) in [6.07, 6.45) is 0.985. The van der Waals surface area contributed by atoms with Crippen LogP contribution in [0.1, 0.15) is 19.8 Å². The molecule has 0 aromatic carbocycles. The third-order valence-electron chi connectivity index (χ3n) is 2.79. The third kappa shape index (κ3) is 1.17. The molecule has 0 aromatic heterocycles. The van der Waals surface area contributed by atoms with Crippen LogP contribution in [0.15, 0.2) is 10.2 Å². The molecule has 1 aliphatic heterocycles. The molecule has 6 heteroatoms. The Balaban J connectivity index is 2.18. The molecule has 0 unspecified atom stereocenters. The van der Waals surface area contributed by atoms with Gasteiger partial charge in [-0.1, -0.05) is 23.2 Å². The molecule has 14 heavy (non-hydrogen) atoms. The zero-order valence-corrected chi connectivity index (χ0v) is 9.39. The van der Waals surface area contributed by atoms with Crippen LogP contribution in [0.4, 0.5) is 0 Å². The van der Waals surface area contributed by atoms with E-state index in [2.05, 4.69) is 15.0 Å². The Bertz CT molecular complexity index is 331.